The molecule has 5 aliphatic heterocycles. The molecule has 0 spiro atoms. The minimum atomic E-state index is -1.87. The number of thioether (sulfide) groups is 4. The van der Waals surface area contributed by atoms with E-state index >= 15 is 0 Å². The van der Waals surface area contributed by atoms with Crippen LogP contribution in [0.1, 0.15) is 37.1 Å². The van der Waals surface area contributed by atoms with Crippen LogP contribution in [0.4, 0.5) is 9.59 Å². The maximum atomic E-state index is 14.4. The van der Waals surface area contributed by atoms with E-state index in [4.69, 9.17) is 4.74 Å². The standard InChI is InChI=1S/C50H54N18O16S4/c1-5-64-15-17-66(41(75)39(64)73)47(82)54-29(23-7-11-27(69)12-8-23)35(70)51-32(44(77)78)37-53-31(25(19-85-37)20-87-49-56-58-60-62(49)3)46(81)84-28-13-9-24(10-14-28)30(55-48(83)67-18-16-65(6-2)40(74)42(67)76)36(71)52-33-38(72)68-34(45(79)80)26(21-86-43(33)68)22-88-50-57-59-61-63(50)4/h7-14,29-30,32-33,37,43,53,69H,5-6,15-22H2,1-4H3,(H,51,70)(H,52,71)(H,54,82)(H,55,83)(H,77,78)(H,79,80)/t29?,30?,32?,33-,37?,43-/m1/s1. The van der Waals surface area contributed by atoms with Crippen LogP contribution in [0.3, 0.4) is 0 Å². The third kappa shape index (κ3) is 13.5. The molecule has 9 rings (SSSR count). The van der Waals surface area contributed by atoms with E-state index in [0.717, 1.165) is 40.2 Å². The van der Waals surface area contributed by atoms with Crippen molar-refractivity contribution in [3.05, 3.63) is 82.2 Å². The van der Waals surface area contributed by atoms with Crippen LogP contribution in [0.15, 0.2) is 81.4 Å². The number of likely N-dealkylation sites (N-methyl/N-ethyl adjacent to an activating group) is 2. The van der Waals surface area contributed by atoms with Gasteiger partial charge in [0.1, 0.15) is 51.8 Å². The number of carboxylic acid groups (broad SMARTS) is 2. The second-order valence-electron chi connectivity index (χ2n) is 19.6. The molecule has 0 radical (unpaired) electrons. The molecule has 2 aromatic heterocycles. The van der Waals surface area contributed by atoms with Gasteiger partial charge >= 0.3 is 53.6 Å². The number of nitrogens with one attached hydrogen (secondary N) is 5. The predicted octanol–water partition coefficient (Wildman–Crippen LogP) is -2.26. The molecular weight excluding hydrogens is 1240 g/mol. The van der Waals surface area contributed by atoms with E-state index in [9.17, 15) is 72.9 Å². The van der Waals surface area contributed by atoms with E-state index in [1.165, 1.54) is 79.5 Å². The van der Waals surface area contributed by atoms with Crippen molar-refractivity contribution in [2.24, 2.45) is 14.1 Å². The minimum absolute atomic E-state index is 0.00193. The number of aryl methyl sites for hydroxylation is 2. The lowest BCUT2D eigenvalue weighted by Crippen LogP contribution is -2.71. The number of β-lactam (4-membered cyclic amide) rings is 1. The SMILES string of the molecule is CCN1CCN(C(=O)NC(C(=O)NC(C(=O)O)C2NC(C(=O)Oc3ccc(C(NC(=O)N4CCN(CC)C(=O)C4=O)C(=O)N[C@@H]4C(=O)N5C(C(=O)O)=C(CSc6nnnn6C)CS[C@H]45)cc3)=C(CSc3nnnn3C)CS2)c2ccc(O)cc2)C(=O)C1=O. The van der Waals surface area contributed by atoms with Gasteiger partial charge in [-0.3, -0.25) is 48.3 Å². The summed E-state index contributed by atoms with van der Waals surface area (Å²) in [4.78, 5) is 167. The Labute approximate surface area is 514 Å². The lowest BCUT2D eigenvalue weighted by molar-refractivity contribution is -0.153. The number of hydrogen-bond acceptors (Lipinski definition) is 25. The fraction of sp³-hybridized carbons (Fsp3) is 0.400. The molecule has 464 valence electrons. The van der Waals surface area contributed by atoms with Crippen molar-refractivity contribution in [1.29, 1.82) is 0 Å². The van der Waals surface area contributed by atoms with Gasteiger partial charge in [-0.05, 0) is 81.2 Å². The first kappa shape index (κ1) is 63.2. The quantitative estimate of drug-likeness (QED) is 0.0143. The van der Waals surface area contributed by atoms with Gasteiger partial charge in [-0.25, -0.2) is 33.3 Å². The molecule has 4 unspecified atom stereocenters. The Kier molecular flexibility index (Phi) is 19.5. The third-order valence-electron chi connectivity index (χ3n) is 14.2. The molecule has 2 aromatic carbocycles. The zero-order chi connectivity index (χ0) is 63.2. The fourth-order valence-corrected chi connectivity index (χ4v) is 14.0. The highest BCUT2D eigenvalue weighted by Gasteiger charge is 2.55. The number of phenols is 1. The van der Waals surface area contributed by atoms with Crippen molar-refractivity contribution in [2.45, 2.75) is 59.1 Å². The van der Waals surface area contributed by atoms with Crippen LogP contribution < -0.4 is 31.3 Å². The highest BCUT2D eigenvalue weighted by Crippen LogP contribution is 2.42. The van der Waals surface area contributed by atoms with Crippen LogP contribution in [0.2, 0.25) is 0 Å². The van der Waals surface area contributed by atoms with Crippen molar-refractivity contribution in [2.75, 3.05) is 62.3 Å². The third-order valence-corrected chi connectivity index (χ3v) is 19.0. The molecular formula is C50H54N18O16S4. The van der Waals surface area contributed by atoms with Crippen molar-refractivity contribution in [3.63, 3.8) is 0 Å². The predicted molar refractivity (Wildman–Crippen MR) is 305 cm³/mol. The molecule has 88 heavy (non-hydrogen) atoms. The number of aromatic nitrogens is 8. The van der Waals surface area contributed by atoms with Crippen LogP contribution in [-0.4, -0.2) is 237 Å². The van der Waals surface area contributed by atoms with Gasteiger partial charge in [0.2, 0.25) is 22.1 Å². The molecule has 3 fully saturated rings. The number of aliphatic carboxylic acids is 2. The summed E-state index contributed by atoms with van der Waals surface area (Å²) in [6.07, 6.45) is 0. The van der Waals surface area contributed by atoms with Gasteiger partial charge in [0, 0.05) is 76.4 Å². The van der Waals surface area contributed by atoms with Crippen molar-refractivity contribution < 1.29 is 77.6 Å². The number of tetrazole rings is 2. The topological polar surface area (TPSA) is 438 Å². The maximum Gasteiger partial charge on any atom is 0.359 e. The van der Waals surface area contributed by atoms with Crippen molar-refractivity contribution in [3.8, 4) is 11.5 Å². The van der Waals surface area contributed by atoms with E-state index in [2.05, 4.69) is 57.6 Å². The summed E-state index contributed by atoms with van der Waals surface area (Å²) in [7, 11) is 3.18. The number of amides is 11. The van der Waals surface area contributed by atoms with Gasteiger partial charge in [0.25, 0.3) is 5.91 Å². The first-order chi connectivity index (χ1) is 42.1. The maximum absolute atomic E-state index is 14.4. The lowest BCUT2D eigenvalue weighted by Gasteiger charge is -2.49. The van der Waals surface area contributed by atoms with E-state index in [1.54, 1.807) is 27.9 Å². The summed E-state index contributed by atoms with van der Waals surface area (Å²) in [6.45, 7) is 3.23. The number of carbonyl (C=O) groups excluding carboxylic acids is 10. The van der Waals surface area contributed by atoms with Crippen LogP contribution in [-0.2, 0) is 62.0 Å². The van der Waals surface area contributed by atoms with Crippen molar-refractivity contribution >= 4 is 118 Å². The highest BCUT2D eigenvalue weighted by molar-refractivity contribution is 8.01. The number of carboxylic acids is 2. The molecule has 34 nitrogen and oxygen atoms in total. The lowest BCUT2D eigenvalue weighted by atomic mass is 10.0. The number of urea groups is 2. The van der Waals surface area contributed by atoms with E-state index < -0.39 is 106 Å². The molecule has 0 bridgehead atoms. The second kappa shape index (κ2) is 27.2. The van der Waals surface area contributed by atoms with E-state index in [0.29, 0.717) is 31.3 Å². The molecule has 0 saturated carbocycles. The van der Waals surface area contributed by atoms with E-state index in [-0.39, 0.29) is 96.3 Å². The monoisotopic (exact) mass is 1290 g/mol. The van der Waals surface area contributed by atoms with E-state index in [1.807, 2.05) is 0 Å². The normalized spacial score (nSPS) is 19.7. The van der Waals surface area contributed by atoms with Crippen LogP contribution in [0, 0.1) is 0 Å². The number of aromatic hydroxyl groups is 1. The number of rotatable bonds is 21. The molecule has 7 heterocycles. The number of piperazine rings is 2. The molecule has 5 aliphatic rings. The van der Waals surface area contributed by atoms with Gasteiger partial charge < -0.3 is 56.4 Å². The average molecular weight is 1290 g/mol. The number of carbonyl (C=O) groups is 12. The average Bonchev–Trinajstić information content (AvgIpc) is 0.859. The molecule has 8 N–H and O–H groups in total. The summed E-state index contributed by atoms with van der Waals surface area (Å²) >= 11 is 4.41. The molecule has 0 aliphatic carbocycles. The number of benzene rings is 2. The smallest absolute Gasteiger partial charge is 0.359 e. The zero-order valence-electron chi connectivity index (χ0n) is 46.7. The largest absolute Gasteiger partial charge is 0.508 e. The highest BCUT2D eigenvalue weighted by atomic mass is 32.2. The minimum Gasteiger partial charge on any atom is -0.508 e. The van der Waals surface area contributed by atoms with Crippen LogP contribution >= 0.6 is 47.0 Å². The van der Waals surface area contributed by atoms with Crippen LogP contribution in [0.25, 0.3) is 0 Å². The molecule has 11 amide bonds. The Morgan fingerprint density at radius 1 is 0.682 bits per heavy atom. The Hall–Kier alpha value is -9.30. The number of fused-ring (bicyclic) bond motifs is 1. The first-order valence-electron chi connectivity index (χ1n) is 26.6. The first-order valence-corrected chi connectivity index (χ1v) is 30.6. The number of esters is 1. The molecule has 38 heteroatoms. The van der Waals surface area contributed by atoms with Gasteiger partial charge in [0.15, 0.2) is 6.04 Å². The molecule has 6 atom stereocenters. The second-order valence-corrected chi connectivity index (χ2v) is 23.7. The summed E-state index contributed by atoms with van der Waals surface area (Å²) in [5.74, 6) is -11.3. The van der Waals surface area contributed by atoms with Gasteiger partial charge in [-0.2, -0.15) is 0 Å². The van der Waals surface area contributed by atoms with Gasteiger partial charge in [-0.15, -0.1) is 33.7 Å². The summed E-state index contributed by atoms with van der Waals surface area (Å²) in [6, 6.07) is 1.09. The Morgan fingerprint density at radius 3 is 1.69 bits per heavy atom. The fourth-order valence-electron chi connectivity index (χ4n) is 9.47. The molecule has 4 aromatic rings. The number of phenolic OH excluding ortho intramolecular Hbond substituents is 1. The van der Waals surface area contributed by atoms with Crippen molar-refractivity contribution in [1.82, 2.24) is 91.5 Å². The summed E-state index contributed by atoms with van der Waals surface area (Å²) in [5.41, 5.74) is 0.258. The Bertz CT molecular complexity index is 3570. The van der Waals surface area contributed by atoms with Gasteiger partial charge in [-0.1, -0.05) is 47.8 Å². The number of ether oxygens (including phenoxy) is 1. The number of nitrogens with zero attached hydrogens (tertiary/aromatic N) is 13. The summed E-state index contributed by atoms with van der Waals surface area (Å²) in [5, 5.41) is 64.9. The Morgan fingerprint density at radius 2 is 1.19 bits per heavy atom. The Balaban J connectivity index is 0.943. The van der Waals surface area contributed by atoms with Crippen LogP contribution in [0.5, 0.6) is 11.5 Å². The molecule has 3 saturated heterocycles. The van der Waals surface area contributed by atoms with Gasteiger partial charge in [0.05, 0.1) is 0 Å². The zero-order valence-corrected chi connectivity index (χ0v) is 50.0. The number of imide groups is 2. The number of hydrogen-bond donors (Lipinski definition) is 8. The summed E-state index contributed by atoms with van der Waals surface area (Å²) < 4.78 is 8.59.